The molecule has 0 radical (unpaired) electrons. The zero-order valence-electron chi connectivity index (χ0n) is 17.9. The molecule has 1 aliphatic rings. The van der Waals surface area contributed by atoms with Crippen LogP contribution < -0.4 is 10.1 Å². The number of hydrogen-bond donors (Lipinski definition) is 1. The van der Waals surface area contributed by atoms with Gasteiger partial charge in [-0.15, -0.1) is 24.0 Å². The second-order valence-corrected chi connectivity index (χ2v) is 7.32. The first kappa shape index (κ1) is 23.3. The van der Waals surface area contributed by atoms with E-state index in [-0.39, 0.29) is 24.0 Å². The molecule has 0 atom stereocenters. The summed E-state index contributed by atoms with van der Waals surface area (Å²) in [5.74, 6) is 1.87. The van der Waals surface area contributed by atoms with E-state index in [1.807, 2.05) is 30.3 Å². The first-order chi connectivity index (χ1) is 14.8. The SMILES string of the molecule is CCNC(=NCCOc1cccc2ccccc12)N1CCN(Cc2ccon2)CC1.I. The molecule has 1 aliphatic heterocycles. The number of nitrogens with zero attached hydrogens (tertiary/aromatic N) is 4. The maximum atomic E-state index is 6.03. The Morgan fingerprint density at radius 1 is 1.10 bits per heavy atom. The van der Waals surface area contributed by atoms with Crippen molar-refractivity contribution in [3.8, 4) is 5.75 Å². The minimum Gasteiger partial charge on any atom is -0.491 e. The van der Waals surface area contributed by atoms with Gasteiger partial charge in [0, 0.05) is 50.7 Å². The van der Waals surface area contributed by atoms with Crippen LogP contribution in [0.1, 0.15) is 12.6 Å². The molecular formula is C23H30IN5O2. The molecule has 0 saturated carbocycles. The maximum Gasteiger partial charge on any atom is 0.194 e. The number of benzene rings is 2. The van der Waals surface area contributed by atoms with Crippen LogP contribution in [-0.4, -0.2) is 66.8 Å². The molecule has 3 aromatic rings. The molecule has 0 unspecified atom stereocenters. The number of aromatic nitrogens is 1. The summed E-state index contributed by atoms with van der Waals surface area (Å²) < 4.78 is 11.0. The van der Waals surface area contributed by atoms with Crippen LogP contribution in [0.15, 0.2) is 64.3 Å². The molecule has 31 heavy (non-hydrogen) atoms. The topological polar surface area (TPSA) is 66.1 Å². The summed E-state index contributed by atoms with van der Waals surface area (Å²) in [6, 6.07) is 16.4. The highest BCUT2D eigenvalue weighted by Crippen LogP contribution is 2.24. The fourth-order valence-electron chi connectivity index (χ4n) is 3.72. The van der Waals surface area contributed by atoms with Crippen LogP contribution in [0.4, 0.5) is 0 Å². The lowest BCUT2D eigenvalue weighted by atomic mass is 10.1. The molecule has 1 fully saturated rings. The Morgan fingerprint density at radius 3 is 2.68 bits per heavy atom. The van der Waals surface area contributed by atoms with Crippen LogP contribution in [0.5, 0.6) is 5.75 Å². The van der Waals surface area contributed by atoms with E-state index in [1.54, 1.807) is 6.26 Å². The van der Waals surface area contributed by atoms with Crippen molar-refractivity contribution >= 4 is 40.7 Å². The van der Waals surface area contributed by atoms with Crippen LogP contribution >= 0.6 is 24.0 Å². The largest absolute Gasteiger partial charge is 0.491 e. The van der Waals surface area contributed by atoms with Gasteiger partial charge < -0.3 is 19.5 Å². The third kappa shape index (κ3) is 6.33. The number of halogens is 1. The van der Waals surface area contributed by atoms with Crippen LogP contribution in [0.25, 0.3) is 10.8 Å². The predicted octanol–water partition coefficient (Wildman–Crippen LogP) is 3.61. The minimum atomic E-state index is 0. The van der Waals surface area contributed by atoms with Crippen LogP contribution in [0.3, 0.4) is 0 Å². The Hall–Kier alpha value is -2.33. The minimum absolute atomic E-state index is 0. The van der Waals surface area contributed by atoms with Gasteiger partial charge in [0.05, 0.1) is 12.2 Å². The third-order valence-electron chi connectivity index (χ3n) is 5.24. The van der Waals surface area contributed by atoms with Gasteiger partial charge in [0.15, 0.2) is 5.96 Å². The molecule has 4 rings (SSSR count). The molecule has 1 aromatic heterocycles. The molecule has 1 saturated heterocycles. The summed E-state index contributed by atoms with van der Waals surface area (Å²) in [5.41, 5.74) is 0.981. The molecule has 2 aromatic carbocycles. The van der Waals surface area contributed by atoms with Crippen LogP contribution in [0.2, 0.25) is 0 Å². The van der Waals surface area contributed by atoms with Gasteiger partial charge in [-0.2, -0.15) is 0 Å². The first-order valence-corrected chi connectivity index (χ1v) is 10.6. The van der Waals surface area contributed by atoms with Gasteiger partial charge in [0.2, 0.25) is 0 Å². The van der Waals surface area contributed by atoms with Gasteiger partial charge >= 0.3 is 0 Å². The van der Waals surface area contributed by atoms with Crippen molar-refractivity contribution in [1.82, 2.24) is 20.3 Å². The summed E-state index contributed by atoms with van der Waals surface area (Å²) in [6.45, 7) is 8.77. The molecule has 0 spiro atoms. The van der Waals surface area contributed by atoms with Gasteiger partial charge in [-0.25, -0.2) is 4.99 Å². The standard InChI is InChI=1S/C23H29N5O2.HI/c1-2-24-23(28-14-12-27(13-15-28)18-20-10-16-30-26-20)25-11-17-29-22-9-5-7-19-6-3-4-8-21(19)22;/h3-10,16H,2,11-15,17-18H2,1H3,(H,24,25);1H. The van der Waals surface area contributed by atoms with E-state index in [9.17, 15) is 0 Å². The zero-order valence-corrected chi connectivity index (χ0v) is 20.2. The van der Waals surface area contributed by atoms with E-state index in [0.717, 1.165) is 62.1 Å². The van der Waals surface area contributed by atoms with Crippen molar-refractivity contribution in [1.29, 1.82) is 0 Å². The highest BCUT2D eigenvalue weighted by Gasteiger charge is 2.20. The number of guanidine groups is 1. The smallest absolute Gasteiger partial charge is 0.194 e. The van der Waals surface area contributed by atoms with Gasteiger partial charge in [-0.1, -0.05) is 41.6 Å². The molecule has 0 bridgehead atoms. The number of fused-ring (bicyclic) bond motifs is 1. The summed E-state index contributed by atoms with van der Waals surface area (Å²) in [6.07, 6.45) is 1.63. The summed E-state index contributed by atoms with van der Waals surface area (Å²) in [7, 11) is 0. The molecule has 0 amide bonds. The van der Waals surface area contributed by atoms with Crippen molar-refractivity contribution in [3.63, 3.8) is 0 Å². The second kappa shape index (κ2) is 11.9. The lowest BCUT2D eigenvalue weighted by Crippen LogP contribution is -2.52. The van der Waals surface area contributed by atoms with Crippen molar-refractivity contribution in [2.24, 2.45) is 4.99 Å². The van der Waals surface area contributed by atoms with E-state index in [2.05, 4.69) is 45.4 Å². The van der Waals surface area contributed by atoms with E-state index in [0.29, 0.717) is 13.2 Å². The number of hydrogen-bond acceptors (Lipinski definition) is 5. The zero-order chi connectivity index (χ0) is 20.6. The number of aliphatic imine (C=N–C) groups is 1. The Kier molecular flexibility index (Phi) is 8.96. The van der Waals surface area contributed by atoms with Crippen molar-refractivity contribution in [3.05, 3.63) is 60.5 Å². The van der Waals surface area contributed by atoms with E-state index < -0.39 is 0 Å². The normalized spacial score (nSPS) is 15.0. The number of ether oxygens (including phenoxy) is 1. The maximum absolute atomic E-state index is 6.03. The predicted molar refractivity (Wildman–Crippen MR) is 134 cm³/mol. The summed E-state index contributed by atoms with van der Waals surface area (Å²) >= 11 is 0. The fraction of sp³-hybridized carbons (Fsp3) is 0.391. The van der Waals surface area contributed by atoms with Crippen LogP contribution in [0, 0.1) is 0 Å². The second-order valence-electron chi connectivity index (χ2n) is 7.32. The molecule has 8 heteroatoms. The quantitative estimate of drug-likeness (QED) is 0.216. The van der Waals surface area contributed by atoms with Crippen molar-refractivity contribution in [2.75, 3.05) is 45.9 Å². The van der Waals surface area contributed by atoms with Crippen molar-refractivity contribution < 1.29 is 9.26 Å². The fourth-order valence-corrected chi connectivity index (χ4v) is 3.72. The molecule has 7 nitrogen and oxygen atoms in total. The third-order valence-corrected chi connectivity index (χ3v) is 5.24. The van der Waals surface area contributed by atoms with Gasteiger partial charge in [-0.05, 0) is 18.4 Å². The highest BCUT2D eigenvalue weighted by atomic mass is 127. The Morgan fingerprint density at radius 2 is 1.90 bits per heavy atom. The van der Waals surface area contributed by atoms with E-state index in [4.69, 9.17) is 14.3 Å². The lowest BCUT2D eigenvalue weighted by Gasteiger charge is -2.36. The Labute approximate surface area is 200 Å². The first-order valence-electron chi connectivity index (χ1n) is 10.6. The number of rotatable bonds is 7. The van der Waals surface area contributed by atoms with Gasteiger partial charge in [-0.3, -0.25) is 4.90 Å². The van der Waals surface area contributed by atoms with Crippen molar-refractivity contribution in [2.45, 2.75) is 13.5 Å². The van der Waals surface area contributed by atoms with E-state index in [1.165, 1.54) is 5.39 Å². The summed E-state index contributed by atoms with van der Waals surface area (Å²) in [5, 5.41) is 9.75. The van der Waals surface area contributed by atoms with Gasteiger partial charge in [0.1, 0.15) is 18.6 Å². The van der Waals surface area contributed by atoms with E-state index >= 15 is 0 Å². The average Bonchev–Trinajstić information content (AvgIpc) is 3.30. The molecule has 166 valence electrons. The average molecular weight is 535 g/mol. The highest BCUT2D eigenvalue weighted by molar-refractivity contribution is 14.0. The molecular weight excluding hydrogens is 505 g/mol. The summed E-state index contributed by atoms with van der Waals surface area (Å²) in [4.78, 5) is 9.50. The Bertz CT molecular complexity index is 950. The monoisotopic (exact) mass is 535 g/mol. The number of nitrogens with one attached hydrogen (secondary N) is 1. The lowest BCUT2D eigenvalue weighted by molar-refractivity contribution is 0.169. The number of piperazine rings is 1. The van der Waals surface area contributed by atoms with Gasteiger partial charge in [0.25, 0.3) is 0 Å². The molecule has 0 aliphatic carbocycles. The Balaban J connectivity index is 0.00000272. The molecule has 1 N–H and O–H groups in total. The molecule has 2 heterocycles. The van der Waals surface area contributed by atoms with Crippen LogP contribution in [-0.2, 0) is 6.54 Å².